The van der Waals surface area contributed by atoms with Crippen molar-refractivity contribution in [1.82, 2.24) is 14.7 Å². The number of anilines is 1. The Balaban J connectivity index is 0.00000181. The fourth-order valence-electron chi connectivity index (χ4n) is 3.94. The number of benzene rings is 1. The highest BCUT2D eigenvalue weighted by molar-refractivity contribution is 7.13. The summed E-state index contributed by atoms with van der Waals surface area (Å²) in [5, 5.41) is 15.6. The third kappa shape index (κ3) is 5.95. The van der Waals surface area contributed by atoms with E-state index in [0.29, 0.717) is 0 Å². The van der Waals surface area contributed by atoms with E-state index in [1.54, 1.807) is 23.1 Å². The SMILES string of the molecule is COc1ccccc1N1CCN(CCc2cnn(CC(=O)O)c2-c2cccs2)CC1.Cl.Cl. The van der Waals surface area contributed by atoms with Crippen LogP contribution in [0.2, 0.25) is 0 Å². The molecule has 1 saturated heterocycles. The molecule has 0 spiro atoms. The summed E-state index contributed by atoms with van der Waals surface area (Å²) in [5.74, 6) is 0.0345. The highest BCUT2D eigenvalue weighted by Gasteiger charge is 2.21. The van der Waals surface area contributed by atoms with Gasteiger partial charge in [0.2, 0.25) is 0 Å². The predicted molar refractivity (Wildman–Crippen MR) is 133 cm³/mol. The number of aromatic nitrogens is 2. The first-order chi connectivity index (χ1) is 14.7. The number of rotatable bonds is 8. The largest absolute Gasteiger partial charge is 0.495 e. The number of para-hydroxylation sites is 2. The van der Waals surface area contributed by atoms with Crippen LogP contribution in [-0.4, -0.2) is 65.6 Å². The molecule has 0 aliphatic carbocycles. The molecule has 174 valence electrons. The van der Waals surface area contributed by atoms with Gasteiger partial charge in [0.05, 0.1) is 29.6 Å². The van der Waals surface area contributed by atoms with E-state index in [-0.39, 0.29) is 31.4 Å². The van der Waals surface area contributed by atoms with E-state index in [0.717, 1.165) is 66.7 Å². The number of hydrogen-bond donors (Lipinski definition) is 1. The van der Waals surface area contributed by atoms with E-state index in [1.165, 1.54) is 0 Å². The Morgan fingerprint density at radius 2 is 1.88 bits per heavy atom. The maximum atomic E-state index is 11.2. The van der Waals surface area contributed by atoms with Gasteiger partial charge in [0.25, 0.3) is 0 Å². The Morgan fingerprint density at radius 3 is 2.53 bits per heavy atom. The molecule has 2 aromatic heterocycles. The van der Waals surface area contributed by atoms with Gasteiger partial charge in [0, 0.05) is 38.3 Å². The standard InChI is InChI=1S/C22H26N4O3S.2ClH/c1-29-19-6-3-2-5-18(19)25-12-10-24(11-13-25)9-8-17-15-23-26(16-21(27)28)22(17)20-7-4-14-30-20;;/h2-7,14-15H,8-13,16H2,1H3,(H,27,28);2*1H. The summed E-state index contributed by atoms with van der Waals surface area (Å²) in [6.07, 6.45) is 2.67. The van der Waals surface area contributed by atoms with E-state index in [1.807, 2.05) is 41.9 Å². The van der Waals surface area contributed by atoms with Gasteiger partial charge >= 0.3 is 5.97 Å². The van der Waals surface area contributed by atoms with Crippen LogP contribution in [0.1, 0.15) is 5.56 Å². The average molecular weight is 499 g/mol. The fraction of sp³-hybridized carbons (Fsp3) is 0.364. The minimum Gasteiger partial charge on any atom is -0.495 e. The summed E-state index contributed by atoms with van der Waals surface area (Å²) in [5.41, 5.74) is 3.18. The first kappa shape index (κ1) is 26.0. The molecule has 0 atom stereocenters. The third-order valence-electron chi connectivity index (χ3n) is 5.45. The molecule has 1 fully saturated rings. The number of hydrogen-bond acceptors (Lipinski definition) is 6. The Bertz CT molecular complexity index is 989. The second kappa shape index (κ2) is 12.1. The number of ether oxygens (including phenoxy) is 1. The molecule has 3 heterocycles. The third-order valence-corrected chi connectivity index (χ3v) is 6.33. The average Bonchev–Trinajstić information content (AvgIpc) is 3.42. The Hall–Kier alpha value is -2.26. The Kier molecular flexibility index (Phi) is 9.84. The van der Waals surface area contributed by atoms with Crippen LogP contribution >= 0.6 is 36.2 Å². The lowest BCUT2D eigenvalue weighted by Crippen LogP contribution is -2.47. The summed E-state index contributed by atoms with van der Waals surface area (Å²) < 4.78 is 7.10. The van der Waals surface area contributed by atoms with Crippen molar-refractivity contribution in [2.75, 3.05) is 44.7 Å². The maximum absolute atomic E-state index is 11.2. The van der Waals surface area contributed by atoms with Crippen molar-refractivity contribution in [2.24, 2.45) is 0 Å². The van der Waals surface area contributed by atoms with Crippen LogP contribution in [0.15, 0.2) is 48.0 Å². The van der Waals surface area contributed by atoms with Gasteiger partial charge in [-0.15, -0.1) is 36.2 Å². The maximum Gasteiger partial charge on any atom is 0.325 e. The zero-order chi connectivity index (χ0) is 20.9. The summed E-state index contributed by atoms with van der Waals surface area (Å²) in [6.45, 7) is 4.68. The molecule has 4 rings (SSSR count). The van der Waals surface area contributed by atoms with Crippen LogP contribution < -0.4 is 9.64 Å². The van der Waals surface area contributed by atoms with Gasteiger partial charge in [-0.3, -0.25) is 14.4 Å². The first-order valence-electron chi connectivity index (χ1n) is 10.1. The van der Waals surface area contributed by atoms with Crippen LogP contribution in [0.5, 0.6) is 5.75 Å². The van der Waals surface area contributed by atoms with E-state index < -0.39 is 5.97 Å². The number of carboxylic acids is 1. The molecule has 3 aromatic rings. The lowest BCUT2D eigenvalue weighted by atomic mass is 10.1. The van der Waals surface area contributed by atoms with Crippen molar-refractivity contribution in [1.29, 1.82) is 0 Å². The quantitative estimate of drug-likeness (QED) is 0.507. The van der Waals surface area contributed by atoms with Gasteiger partial charge in [0.15, 0.2) is 0 Å². The van der Waals surface area contributed by atoms with Crippen LogP contribution in [-0.2, 0) is 17.8 Å². The van der Waals surface area contributed by atoms with Crippen LogP contribution in [0, 0.1) is 0 Å². The van der Waals surface area contributed by atoms with Gasteiger partial charge < -0.3 is 14.7 Å². The minimum atomic E-state index is -0.880. The van der Waals surface area contributed by atoms with Crippen LogP contribution in [0.25, 0.3) is 10.6 Å². The van der Waals surface area contributed by atoms with Gasteiger partial charge in [-0.25, -0.2) is 0 Å². The molecule has 0 saturated carbocycles. The van der Waals surface area contributed by atoms with Crippen LogP contribution in [0.4, 0.5) is 5.69 Å². The van der Waals surface area contributed by atoms with Gasteiger partial charge in [-0.2, -0.15) is 5.10 Å². The number of nitrogens with zero attached hydrogens (tertiary/aromatic N) is 4. The zero-order valence-corrected chi connectivity index (χ0v) is 20.3. The Morgan fingerprint density at radius 1 is 1.12 bits per heavy atom. The lowest BCUT2D eigenvalue weighted by molar-refractivity contribution is -0.137. The molecule has 0 amide bonds. The molecule has 32 heavy (non-hydrogen) atoms. The van der Waals surface area contributed by atoms with Gasteiger partial charge in [-0.1, -0.05) is 18.2 Å². The first-order valence-corrected chi connectivity index (χ1v) is 10.9. The summed E-state index contributed by atoms with van der Waals surface area (Å²) in [6, 6.07) is 12.2. The van der Waals surface area contributed by atoms with E-state index in [2.05, 4.69) is 21.0 Å². The second-order valence-corrected chi connectivity index (χ2v) is 8.25. The molecule has 1 aliphatic rings. The molecule has 0 unspecified atom stereocenters. The van der Waals surface area contributed by atoms with Gasteiger partial charge in [-0.05, 0) is 30.0 Å². The Labute approximate surface area is 204 Å². The van der Waals surface area contributed by atoms with Crippen LogP contribution in [0.3, 0.4) is 0 Å². The molecule has 1 aliphatic heterocycles. The molecular formula is C22H28Cl2N4O3S. The monoisotopic (exact) mass is 498 g/mol. The summed E-state index contributed by atoms with van der Waals surface area (Å²) in [4.78, 5) is 17.1. The highest BCUT2D eigenvalue weighted by Crippen LogP contribution is 2.30. The van der Waals surface area contributed by atoms with Crippen molar-refractivity contribution >= 4 is 47.8 Å². The number of piperazine rings is 1. The number of aliphatic carboxylic acids is 1. The van der Waals surface area contributed by atoms with Crippen molar-refractivity contribution in [3.8, 4) is 16.3 Å². The van der Waals surface area contributed by atoms with Gasteiger partial charge in [0.1, 0.15) is 12.3 Å². The molecule has 10 heteroatoms. The summed E-state index contributed by atoms with van der Waals surface area (Å²) in [7, 11) is 1.71. The molecule has 0 radical (unpaired) electrons. The number of thiophene rings is 1. The molecule has 7 nitrogen and oxygen atoms in total. The number of carbonyl (C=O) groups is 1. The molecule has 1 aromatic carbocycles. The number of halogens is 2. The molecule has 1 N–H and O–H groups in total. The smallest absolute Gasteiger partial charge is 0.325 e. The fourth-order valence-corrected chi connectivity index (χ4v) is 4.74. The zero-order valence-electron chi connectivity index (χ0n) is 17.8. The normalized spacial score (nSPS) is 13.8. The highest BCUT2D eigenvalue weighted by atomic mass is 35.5. The van der Waals surface area contributed by atoms with Crippen molar-refractivity contribution in [2.45, 2.75) is 13.0 Å². The van der Waals surface area contributed by atoms with E-state index >= 15 is 0 Å². The predicted octanol–water partition coefficient (Wildman–Crippen LogP) is 3.91. The van der Waals surface area contributed by atoms with E-state index in [9.17, 15) is 9.90 Å². The topological polar surface area (TPSA) is 70.8 Å². The number of methoxy groups -OCH3 is 1. The molecular weight excluding hydrogens is 471 g/mol. The summed E-state index contributed by atoms with van der Waals surface area (Å²) >= 11 is 1.61. The second-order valence-electron chi connectivity index (χ2n) is 7.30. The van der Waals surface area contributed by atoms with Crippen molar-refractivity contribution < 1.29 is 14.6 Å². The minimum absolute atomic E-state index is 0. The number of carboxylic acid groups (broad SMARTS) is 1. The van der Waals surface area contributed by atoms with E-state index in [4.69, 9.17) is 4.74 Å². The lowest BCUT2D eigenvalue weighted by Gasteiger charge is -2.36. The van der Waals surface area contributed by atoms with Crippen molar-refractivity contribution in [3.63, 3.8) is 0 Å². The molecule has 0 bridgehead atoms. The van der Waals surface area contributed by atoms with Crippen molar-refractivity contribution in [3.05, 3.63) is 53.5 Å².